The molecule has 2 aromatic carbocycles. The van der Waals surface area contributed by atoms with E-state index in [0.29, 0.717) is 11.1 Å². The lowest BCUT2D eigenvalue weighted by Gasteiger charge is -2.23. The second-order valence-corrected chi connectivity index (χ2v) is 10.0. The Morgan fingerprint density at radius 1 is 0.966 bits per heavy atom. The van der Waals surface area contributed by atoms with Gasteiger partial charge in [-0.3, -0.25) is 9.52 Å². The maximum atomic E-state index is 12.8. The molecule has 0 bridgehead atoms. The third kappa shape index (κ3) is 5.37. The third-order valence-electron chi connectivity index (χ3n) is 4.96. The van der Waals surface area contributed by atoms with Crippen LogP contribution in [0.4, 0.5) is 5.69 Å². The van der Waals surface area contributed by atoms with Crippen molar-refractivity contribution in [2.45, 2.75) is 50.0 Å². The van der Waals surface area contributed by atoms with Crippen molar-refractivity contribution in [2.24, 2.45) is 0 Å². The van der Waals surface area contributed by atoms with E-state index < -0.39 is 10.0 Å². The summed E-state index contributed by atoms with van der Waals surface area (Å²) in [5.74, 6) is -0.265. The standard InChI is InChI=1S/C20H21Cl3N2O3S/c1-12-7-8-14(9-15(12)20(26)24-13-5-3-2-4-6-13)29(27,28)25-19-11-17(22)16(21)10-18(19)23/h7-11,13,25H,2-6H2,1H3,(H,24,26). The number of anilines is 1. The van der Waals surface area contributed by atoms with Gasteiger partial charge in [0.2, 0.25) is 0 Å². The summed E-state index contributed by atoms with van der Waals surface area (Å²) in [6.45, 7) is 1.77. The van der Waals surface area contributed by atoms with Gasteiger partial charge in [0.25, 0.3) is 15.9 Å². The normalized spacial score (nSPS) is 15.2. The fourth-order valence-electron chi connectivity index (χ4n) is 3.33. The molecule has 0 aliphatic heterocycles. The number of sulfonamides is 1. The minimum Gasteiger partial charge on any atom is -0.349 e. The summed E-state index contributed by atoms with van der Waals surface area (Å²) in [7, 11) is -3.99. The number of benzene rings is 2. The molecule has 3 rings (SSSR count). The van der Waals surface area contributed by atoms with Crippen molar-refractivity contribution in [3.05, 3.63) is 56.5 Å². The number of aryl methyl sites for hydroxylation is 1. The molecule has 1 amide bonds. The predicted molar refractivity (Wildman–Crippen MR) is 118 cm³/mol. The van der Waals surface area contributed by atoms with Gasteiger partial charge in [-0.1, -0.05) is 60.1 Å². The monoisotopic (exact) mass is 474 g/mol. The first kappa shape index (κ1) is 22.2. The van der Waals surface area contributed by atoms with Gasteiger partial charge in [0.15, 0.2) is 0 Å². The fourth-order valence-corrected chi connectivity index (χ4v) is 5.07. The quantitative estimate of drug-likeness (QED) is 0.535. The number of carbonyl (C=O) groups excluding carboxylic acids is 1. The minimum atomic E-state index is -3.99. The molecule has 1 aliphatic carbocycles. The summed E-state index contributed by atoms with van der Waals surface area (Å²) < 4.78 is 28.1. The average Bonchev–Trinajstić information content (AvgIpc) is 2.67. The zero-order valence-electron chi connectivity index (χ0n) is 15.8. The first-order valence-corrected chi connectivity index (χ1v) is 11.9. The minimum absolute atomic E-state index is 0.0426. The van der Waals surface area contributed by atoms with E-state index in [-0.39, 0.29) is 37.6 Å². The zero-order valence-corrected chi connectivity index (χ0v) is 18.9. The number of hydrogen-bond donors (Lipinski definition) is 2. The number of nitrogens with one attached hydrogen (secondary N) is 2. The van der Waals surface area contributed by atoms with Gasteiger partial charge in [-0.2, -0.15) is 0 Å². The van der Waals surface area contributed by atoms with Gasteiger partial charge >= 0.3 is 0 Å². The molecule has 29 heavy (non-hydrogen) atoms. The molecule has 5 nitrogen and oxygen atoms in total. The van der Waals surface area contributed by atoms with Crippen molar-refractivity contribution in [3.8, 4) is 0 Å². The van der Waals surface area contributed by atoms with Gasteiger partial charge in [0.1, 0.15) is 0 Å². The molecule has 0 spiro atoms. The largest absolute Gasteiger partial charge is 0.349 e. The lowest BCUT2D eigenvalue weighted by atomic mass is 9.95. The Kier molecular flexibility index (Phi) is 6.99. The van der Waals surface area contributed by atoms with Crippen LogP contribution in [-0.4, -0.2) is 20.4 Å². The lowest BCUT2D eigenvalue weighted by Crippen LogP contribution is -2.36. The molecule has 2 aromatic rings. The van der Waals surface area contributed by atoms with Crippen LogP contribution in [0.15, 0.2) is 35.2 Å². The highest BCUT2D eigenvalue weighted by atomic mass is 35.5. The van der Waals surface area contributed by atoms with Crippen LogP contribution in [0.5, 0.6) is 0 Å². The first-order valence-electron chi connectivity index (χ1n) is 9.26. The summed E-state index contributed by atoms with van der Waals surface area (Å²) in [5.41, 5.74) is 1.14. The Morgan fingerprint density at radius 3 is 2.31 bits per heavy atom. The molecule has 1 fully saturated rings. The summed E-state index contributed by atoms with van der Waals surface area (Å²) in [5, 5.41) is 3.53. The van der Waals surface area contributed by atoms with Gasteiger partial charge in [0, 0.05) is 11.6 Å². The Balaban J connectivity index is 1.85. The average molecular weight is 476 g/mol. The molecule has 0 saturated heterocycles. The second-order valence-electron chi connectivity index (χ2n) is 7.14. The number of rotatable bonds is 5. The number of carbonyl (C=O) groups is 1. The van der Waals surface area contributed by atoms with Crippen LogP contribution >= 0.6 is 34.8 Å². The predicted octanol–water partition coefficient (Wildman–Crippen LogP) is 5.82. The Morgan fingerprint density at radius 2 is 1.62 bits per heavy atom. The van der Waals surface area contributed by atoms with Crippen LogP contribution in [-0.2, 0) is 10.0 Å². The maximum Gasteiger partial charge on any atom is 0.261 e. The summed E-state index contributed by atoms with van der Waals surface area (Å²) in [6, 6.07) is 7.27. The van der Waals surface area contributed by atoms with Gasteiger partial charge in [0.05, 0.1) is 25.7 Å². The van der Waals surface area contributed by atoms with Crippen LogP contribution in [0, 0.1) is 6.92 Å². The third-order valence-corrected chi connectivity index (χ3v) is 7.36. The number of amides is 1. The molecule has 156 valence electrons. The molecule has 9 heteroatoms. The van der Waals surface area contributed by atoms with E-state index in [1.165, 1.54) is 30.7 Å². The highest BCUT2D eigenvalue weighted by molar-refractivity contribution is 7.92. The molecule has 1 saturated carbocycles. The van der Waals surface area contributed by atoms with Crippen LogP contribution in [0.2, 0.25) is 15.1 Å². The van der Waals surface area contributed by atoms with Crippen LogP contribution in [0.25, 0.3) is 0 Å². The van der Waals surface area contributed by atoms with Gasteiger partial charge < -0.3 is 5.32 Å². The van der Waals surface area contributed by atoms with Crippen molar-refractivity contribution < 1.29 is 13.2 Å². The van der Waals surface area contributed by atoms with E-state index in [4.69, 9.17) is 34.8 Å². The topological polar surface area (TPSA) is 75.3 Å². The van der Waals surface area contributed by atoms with Crippen molar-refractivity contribution >= 4 is 56.4 Å². The molecule has 0 radical (unpaired) electrons. The van der Waals surface area contributed by atoms with E-state index >= 15 is 0 Å². The first-order chi connectivity index (χ1) is 13.7. The molecule has 2 N–H and O–H groups in total. The molecule has 1 aliphatic rings. The highest BCUT2D eigenvalue weighted by Gasteiger charge is 2.22. The second kappa shape index (κ2) is 9.13. The van der Waals surface area contributed by atoms with Gasteiger partial charge in [-0.25, -0.2) is 8.42 Å². The van der Waals surface area contributed by atoms with E-state index in [1.807, 2.05) is 0 Å². The van der Waals surface area contributed by atoms with E-state index in [2.05, 4.69) is 10.0 Å². The molecule has 0 atom stereocenters. The van der Waals surface area contributed by atoms with Crippen LogP contribution in [0.1, 0.15) is 48.0 Å². The molecular weight excluding hydrogens is 455 g/mol. The summed E-state index contributed by atoms with van der Waals surface area (Å²) in [6.07, 6.45) is 5.25. The Labute approximate surface area is 185 Å². The van der Waals surface area contributed by atoms with E-state index in [9.17, 15) is 13.2 Å². The zero-order chi connectivity index (χ0) is 21.2. The summed E-state index contributed by atoms with van der Waals surface area (Å²) in [4.78, 5) is 12.7. The SMILES string of the molecule is Cc1ccc(S(=O)(=O)Nc2cc(Cl)c(Cl)cc2Cl)cc1C(=O)NC1CCCCC1. The fraction of sp³-hybridized carbons (Fsp3) is 0.350. The van der Waals surface area contributed by atoms with Crippen molar-refractivity contribution in [1.82, 2.24) is 5.32 Å². The van der Waals surface area contributed by atoms with Gasteiger partial charge in [-0.05, 0) is 49.6 Å². The molecule has 0 aromatic heterocycles. The van der Waals surface area contributed by atoms with E-state index in [1.54, 1.807) is 13.0 Å². The molecule has 0 heterocycles. The number of hydrogen-bond acceptors (Lipinski definition) is 3. The van der Waals surface area contributed by atoms with E-state index in [0.717, 1.165) is 25.7 Å². The molecular formula is C20H21Cl3N2O3S. The van der Waals surface area contributed by atoms with Crippen LogP contribution in [0.3, 0.4) is 0 Å². The maximum absolute atomic E-state index is 12.8. The summed E-state index contributed by atoms with van der Waals surface area (Å²) >= 11 is 17.9. The Hall–Kier alpha value is -1.47. The van der Waals surface area contributed by atoms with Crippen molar-refractivity contribution in [3.63, 3.8) is 0 Å². The Bertz CT molecular complexity index is 1040. The molecule has 0 unspecified atom stereocenters. The van der Waals surface area contributed by atoms with Crippen molar-refractivity contribution in [2.75, 3.05) is 4.72 Å². The number of halogens is 3. The van der Waals surface area contributed by atoms with Crippen molar-refractivity contribution in [1.29, 1.82) is 0 Å². The van der Waals surface area contributed by atoms with Gasteiger partial charge in [-0.15, -0.1) is 0 Å². The smallest absolute Gasteiger partial charge is 0.261 e. The van der Waals surface area contributed by atoms with Crippen LogP contribution < -0.4 is 10.0 Å². The lowest BCUT2D eigenvalue weighted by molar-refractivity contribution is 0.0927. The highest BCUT2D eigenvalue weighted by Crippen LogP contribution is 2.33.